The maximum atomic E-state index is 11.6. The van der Waals surface area contributed by atoms with Crippen molar-refractivity contribution in [1.29, 1.82) is 0 Å². The van der Waals surface area contributed by atoms with Crippen LogP contribution in [-0.2, 0) is 14.3 Å². The molecule has 1 atom stereocenters. The second-order valence-electron chi connectivity index (χ2n) is 4.26. The van der Waals surface area contributed by atoms with Crippen LogP contribution in [0.2, 0.25) is 5.02 Å². The number of carbonyl (C=O) groups excluding carboxylic acids is 2. The summed E-state index contributed by atoms with van der Waals surface area (Å²) < 4.78 is 4.80. The van der Waals surface area contributed by atoms with Crippen LogP contribution in [0.4, 0.5) is 0 Å². The highest BCUT2D eigenvalue weighted by Crippen LogP contribution is 2.17. The SMILES string of the molecule is CC/C=C/C(=O)OCC(=O)N[C@H](C)c1cccc(Cl)c1. The lowest BCUT2D eigenvalue weighted by molar-refractivity contribution is -0.144. The van der Waals surface area contributed by atoms with Gasteiger partial charge in [-0.2, -0.15) is 0 Å². The minimum Gasteiger partial charge on any atom is -0.452 e. The number of amides is 1. The van der Waals surface area contributed by atoms with Crippen LogP contribution in [0.15, 0.2) is 36.4 Å². The summed E-state index contributed by atoms with van der Waals surface area (Å²) in [5.41, 5.74) is 0.892. The van der Waals surface area contributed by atoms with Gasteiger partial charge >= 0.3 is 5.97 Å². The molecule has 1 N–H and O–H groups in total. The summed E-state index contributed by atoms with van der Waals surface area (Å²) >= 11 is 5.89. The van der Waals surface area contributed by atoms with Crippen LogP contribution >= 0.6 is 11.6 Å². The van der Waals surface area contributed by atoms with Crippen LogP contribution in [0.3, 0.4) is 0 Å². The first kappa shape index (κ1) is 16.2. The van der Waals surface area contributed by atoms with Crippen molar-refractivity contribution in [3.8, 4) is 0 Å². The first-order valence-electron chi connectivity index (χ1n) is 6.41. The highest BCUT2D eigenvalue weighted by atomic mass is 35.5. The maximum Gasteiger partial charge on any atom is 0.330 e. The molecule has 0 unspecified atom stereocenters. The van der Waals surface area contributed by atoms with E-state index in [9.17, 15) is 9.59 Å². The molecule has 0 heterocycles. The second kappa shape index (κ2) is 8.38. The number of benzene rings is 1. The molecule has 0 aromatic heterocycles. The molecule has 4 nitrogen and oxygen atoms in total. The van der Waals surface area contributed by atoms with E-state index in [1.54, 1.807) is 18.2 Å². The van der Waals surface area contributed by atoms with Crippen LogP contribution in [0, 0.1) is 0 Å². The van der Waals surface area contributed by atoms with E-state index >= 15 is 0 Å². The minimum atomic E-state index is -0.516. The van der Waals surface area contributed by atoms with Crippen LogP contribution < -0.4 is 5.32 Å². The Bertz CT molecular complexity index is 500. The molecule has 1 amide bonds. The van der Waals surface area contributed by atoms with Gasteiger partial charge in [0.2, 0.25) is 0 Å². The number of esters is 1. The summed E-state index contributed by atoms with van der Waals surface area (Å²) in [5, 5.41) is 3.35. The van der Waals surface area contributed by atoms with Gasteiger partial charge in [0.1, 0.15) is 0 Å². The summed E-state index contributed by atoms with van der Waals surface area (Å²) in [7, 11) is 0. The van der Waals surface area contributed by atoms with Gasteiger partial charge < -0.3 is 10.1 Å². The van der Waals surface area contributed by atoms with Gasteiger partial charge in [-0.1, -0.05) is 36.7 Å². The molecule has 0 bridgehead atoms. The molecule has 0 spiro atoms. The van der Waals surface area contributed by atoms with Crippen LogP contribution in [0.5, 0.6) is 0 Å². The molecule has 108 valence electrons. The number of ether oxygens (including phenoxy) is 1. The summed E-state index contributed by atoms with van der Waals surface area (Å²) in [6.07, 6.45) is 3.73. The predicted octanol–water partition coefficient (Wildman–Crippen LogP) is 3.03. The van der Waals surface area contributed by atoms with Gasteiger partial charge in [0.05, 0.1) is 6.04 Å². The summed E-state index contributed by atoms with van der Waals surface area (Å²) in [5.74, 6) is -0.867. The van der Waals surface area contributed by atoms with Gasteiger partial charge in [-0.05, 0) is 31.0 Å². The van der Waals surface area contributed by atoms with E-state index in [0.717, 1.165) is 12.0 Å². The standard InChI is InChI=1S/C15H18ClNO3/c1-3-4-8-15(19)20-10-14(18)17-11(2)12-6-5-7-13(16)9-12/h4-9,11H,3,10H2,1-2H3,(H,17,18)/b8-4+/t11-/m1/s1. The third-order valence-corrected chi connectivity index (χ3v) is 2.80. The van der Waals surface area contributed by atoms with E-state index in [0.29, 0.717) is 5.02 Å². The highest BCUT2D eigenvalue weighted by molar-refractivity contribution is 6.30. The molecule has 1 aromatic rings. The zero-order chi connectivity index (χ0) is 15.0. The summed E-state index contributed by atoms with van der Waals surface area (Å²) in [6, 6.07) is 7.03. The monoisotopic (exact) mass is 295 g/mol. The average molecular weight is 296 g/mol. The Balaban J connectivity index is 2.42. The molecule has 0 radical (unpaired) electrons. The lowest BCUT2D eigenvalue weighted by Crippen LogP contribution is -2.30. The van der Waals surface area contributed by atoms with Crippen molar-refractivity contribution in [1.82, 2.24) is 5.32 Å². The Morgan fingerprint density at radius 1 is 1.45 bits per heavy atom. The fourth-order valence-corrected chi connectivity index (χ4v) is 1.74. The predicted molar refractivity (Wildman–Crippen MR) is 78.4 cm³/mol. The maximum absolute atomic E-state index is 11.6. The lowest BCUT2D eigenvalue weighted by Gasteiger charge is -2.14. The van der Waals surface area contributed by atoms with Crippen LogP contribution in [0.1, 0.15) is 31.9 Å². The Hall–Kier alpha value is -1.81. The number of allylic oxidation sites excluding steroid dienone is 1. The van der Waals surface area contributed by atoms with Crippen molar-refractivity contribution >= 4 is 23.5 Å². The Kier molecular flexibility index (Phi) is 6.81. The molecule has 0 aliphatic heterocycles. The number of nitrogens with one attached hydrogen (secondary N) is 1. The molecule has 0 fully saturated rings. The van der Waals surface area contributed by atoms with Crippen molar-refractivity contribution in [2.24, 2.45) is 0 Å². The van der Waals surface area contributed by atoms with E-state index < -0.39 is 5.97 Å². The minimum absolute atomic E-state index is 0.203. The third kappa shape index (κ3) is 5.89. The largest absolute Gasteiger partial charge is 0.452 e. The zero-order valence-electron chi connectivity index (χ0n) is 11.6. The van der Waals surface area contributed by atoms with E-state index in [4.69, 9.17) is 16.3 Å². The number of carbonyl (C=O) groups is 2. The molecule has 0 aliphatic carbocycles. The molecule has 0 saturated carbocycles. The Morgan fingerprint density at radius 2 is 2.20 bits per heavy atom. The van der Waals surface area contributed by atoms with Gasteiger partial charge in [-0.3, -0.25) is 4.79 Å². The van der Waals surface area contributed by atoms with E-state index in [1.165, 1.54) is 6.08 Å². The van der Waals surface area contributed by atoms with Gasteiger partial charge in [-0.25, -0.2) is 4.79 Å². The highest BCUT2D eigenvalue weighted by Gasteiger charge is 2.11. The van der Waals surface area contributed by atoms with Gasteiger partial charge in [0.15, 0.2) is 6.61 Å². The number of rotatable bonds is 6. The normalized spacial score (nSPS) is 12.2. The van der Waals surface area contributed by atoms with Crippen LogP contribution in [0.25, 0.3) is 0 Å². The third-order valence-electron chi connectivity index (χ3n) is 2.56. The van der Waals surface area contributed by atoms with E-state index in [2.05, 4.69) is 5.32 Å². The zero-order valence-corrected chi connectivity index (χ0v) is 12.3. The molecule has 0 aliphatic rings. The van der Waals surface area contributed by atoms with Crippen molar-refractivity contribution in [3.63, 3.8) is 0 Å². The first-order chi connectivity index (χ1) is 9.52. The lowest BCUT2D eigenvalue weighted by atomic mass is 10.1. The molecular weight excluding hydrogens is 278 g/mol. The molecule has 1 aromatic carbocycles. The van der Waals surface area contributed by atoms with Crippen molar-refractivity contribution in [2.75, 3.05) is 6.61 Å². The first-order valence-corrected chi connectivity index (χ1v) is 6.78. The van der Waals surface area contributed by atoms with Gasteiger partial charge in [0, 0.05) is 11.1 Å². The fourth-order valence-electron chi connectivity index (χ4n) is 1.54. The quantitative estimate of drug-likeness (QED) is 0.648. The Morgan fingerprint density at radius 3 is 2.85 bits per heavy atom. The van der Waals surface area contributed by atoms with Crippen LogP contribution in [-0.4, -0.2) is 18.5 Å². The molecular formula is C15H18ClNO3. The number of hydrogen-bond acceptors (Lipinski definition) is 3. The Labute approximate surface area is 123 Å². The van der Waals surface area contributed by atoms with Crippen molar-refractivity contribution < 1.29 is 14.3 Å². The average Bonchev–Trinajstić information content (AvgIpc) is 2.42. The molecule has 0 saturated heterocycles. The fraction of sp³-hybridized carbons (Fsp3) is 0.333. The van der Waals surface area contributed by atoms with E-state index in [-0.39, 0.29) is 18.6 Å². The summed E-state index contributed by atoms with van der Waals surface area (Å²) in [6.45, 7) is 3.45. The number of hydrogen-bond donors (Lipinski definition) is 1. The van der Waals surface area contributed by atoms with Crippen molar-refractivity contribution in [2.45, 2.75) is 26.3 Å². The molecule has 1 rings (SSSR count). The van der Waals surface area contributed by atoms with Gasteiger partial charge in [-0.15, -0.1) is 0 Å². The smallest absolute Gasteiger partial charge is 0.330 e. The molecule has 20 heavy (non-hydrogen) atoms. The summed E-state index contributed by atoms with van der Waals surface area (Å²) in [4.78, 5) is 22.8. The number of halogens is 1. The topological polar surface area (TPSA) is 55.4 Å². The second-order valence-corrected chi connectivity index (χ2v) is 4.70. The van der Waals surface area contributed by atoms with Crippen molar-refractivity contribution in [3.05, 3.63) is 47.0 Å². The van der Waals surface area contributed by atoms with Gasteiger partial charge in [0.25, 0.3) is 5.91 Å². The van der Waals surface area contributed by atoms with E-state index in [1.807, 2.05) is 26.0 Å². The molecule has 5 heteroatoms.